The summed E-state index contributed by atoms with van der Waals surface area (Å²) in [6.07, 6.45) is 3.98. The summed E-state index contributed by atoms with van der Waals surface area (Å²) in [6, 6.07) is 20.2. The zero-order valence-electron chi connectivity index (χ0n) is 21.6. The maximum Gasteiger partial charge on any atom is 0.240 e. The molecule has 2 aromatic heterocycles. The molecule has 0 saturated heterocycles. The molecule has 1 saturated carbocycles. The Hall–Kier alpha value is -5.09. The zero-order chi connectivity index (χ0) is 28.6. The lowest BCUT2D eigenvalue weighted by atomic mass is 10.0. The highest BCUT2D eigenvalue weighted by Gasteiger charge is 2.56. The van der Waals surface area contributed by atoms with Crippen LogP contribution in [0.3, 0.4) is 0 Å². The number of nitrogens with one attached hydrogen (secondary N) is 2. The molecule has 41 heavy (non-hydrogen) atoms. The number of hydrogen-bond donors (Lipinski definition) is 3. The molecular weight excluding hydrogens is 530 g/mol. The number of anilines is 2. The third-order valence-corrected chi connectivity index (χ3v) is 7.07. The van der Waals surface area contributed by atoms with Crippen molar-refractivity contribution in [3.63, 3.8) is 0 Å². The Bertz CT molecular complexity index is 1780. The highest BCUT2D eigenvalue weighted by atomic mass is 19.1. The van der Waals surface area contributed by atoms with Gasteiger partial charge >= 0.3 is 0 Å². The Labute approximate surface area is 233 Å². The molecule has 2 heterocycles. The van der Waals surface area contributed by atoms with Crippen molar-refractivity contribution in [1.82, 2.24) is 9.61 Å². The number of aliphatic hydroxyl groups excluding tert-OH is 1. The molecule has 3 aromatic carbocycles. The molecule has 8 nitrogen and oxygen atoms in total. The summed E-state index contributed by atoms with van der Waals surface area (Å²) in [4.78, 5) is 25.8. The van der Waals surface area contributed by atoms with Crippen molar-refractivity contribution in [1.29, 1.82) is 0 Å². The van der Waals surface area contributed by atoms with Gasteiger partial charge in [0.05, 0.1) is 12.8 Å². The molecule has 5 aromatic rings. The van der Waals surface area contributed by atoms with E-state index in [1.807, 2.05) is 30.3 Å². The summed E-state index contributed by atoms with van der Waals surface area (Å²) in [5.41, 5.74) is 2.26. The van der Waals surface area contributed by atoms with Gasteiger partial charge in [-0.3, -0.25) is 9.59 Å². The minimum atomic E-state index is -1.28. The van der Waals surface area contributed by atoms with E-state index >= 15 is 4.39 Å². The molecule has 0 radical (unpaired) electrons. The summed E-state index contributed by atoms with van der Waals surface area (Å²) >= 11 is 0. The van der Waals surface area contributed by atoms with Gasteiger partial charge in [-0.25, -0.2) is 13.3 Å². The summed E-state index contributed by atoms with van der Waals surface area (Å²) < 4.78 is 35.9. The Morgan fingerprint density at radius 3 is 2.34 bits per heavy atom. The molecule has 2 amide bonds. The average molecular weight is 555 g/mol. The average Bonchev–Trinajstić information content (AvgIpc) is 3.69. The van der Waals surface area contributed by atoms with E-state index in [4.69, 9.17) is 4.74 Å². The molecule has 206 valence electrons. The first-order chi connectivity index (χ1) is 19.9. The largest absolute Gasteiger partial charge is 0.452 e. The van der Waals surface area contributed by atoms with Crippen LogP contribution in [0.1, 0.15) is 18.4 Å². The molecule has 0 atom stereocenters. The number of aliphatic hydroxyl groups is 1. The third kappa shape index (κ3) is 5.12. The Morgan fingerprint density at radius 2 is 1.63 bits per heavy atom. The number of nitrogens with zero attached hydrogens (tertiary/aromatic N) is 2. The van der Waals surface area contributed by atoms with E-state index < -0.39 is 28.9 Å². The van der Waals surface area contributed by atoms with Crippen molar-refractivity contribution in [3.05, 3.63) is 108 Å². The first-order valence-corrected chi connectivity index (χ1v) is 12.9. The SMILES string of the molecule is O=C(Nc1ccc(F)cc1)C1(C(=O)Nc2ccc(Oc3ccnn4ccc(-c5cccc(CO)c5)c34)c(F)c2)CC1. The Kier molecular flexibility index (Phi) is 6.68. The van der Waals surface area contributed by atoms with Crippen LogP contribution in [0.2, 0.25) is 0 Å². The molecule has 1 fully saturated rings. The summed E-state index contributed by atoms with van der Waals surface area (Å²) in [7, 11) is 0. The number of aromatic nitrogens is 2. The van der Waals surface area contributed by atoms with Gasteiger partial charge in [0.25, 0.3) is 0 Å². The molecule has 1 aliphatic rings. The highest BCUT2D eigenvalue weighted by molar-refractivity contribution is 6.16. The van der Waals surface area contributed by atoms with Gasteiger partial charge in [0, 0.05) is 35.3 Å². The van der Waals surface area contributed by atoms with E-state index in [1.54, 1.807) is 16.8 Å². The lowest BCUT2D eigenvalue weighted by Gasteiger charge is -2.16. The molecule has 6 rings (SSSR count). The number of carbonyl (C=O) groups is 2. The van der Waals surface area contributed by atoms with Gasteiger partial charge in [0.2, 0.25) is 11.8 Å². The number of fused-ring (bicyclic) bond motifs is 1. The normalized spacial score (nSPS) is 13.5. The standard InChI is InChI=1S/C31H24F2N4O4/c32-21-4-6-22(7-5-21)35-29(39)31(12-13-31)30(40)36-23-8-9-26(25(33)17-23)41-27-10-14-34-37-15-11-24(28(27)37)20-3-1-2-19(16-20)18-38/h1-11,14-17,38H,12-13,18H2,(H,35,39)(H,36,40). The summed E-state index contributed by atoms with van der Waals surface area (Å²) in [5.74, 6) is -1.91. The lowest BCUT2D eigenvalue weighted by Crippen LogP contribution is -2.35. The molecular formula is C31H24F2N4O4. The number of benzene rings is 3. The maximum atomic E-state index is 15.2. The molecule has 0 bridgehead atoms. The highest BCUT2D eigenvalue weighted by Crippen LogP contribution is 2.47. The predicted octanol–water partition coefficient (Wildman–Crippen LogP) is 5.92. The van der Waals surface area contributed by atoms with Crippen LogP contribution in [0.25, 0.3) is 16.6 Å². The van der Waals surface area contributed by atoms with Gasteiger partial charge in [-0.05, 0) is 72.5 Å². The van der Waals surface area contributed by atoms with Crippen LogP contribution < -0.4 is 15.4 Å². The molecule has 0 unspecified atom stereocenters. The number of hydrogen-bond acceptors (Lipinski definition) is 5. The van der Waals surface area contributed by atoms with Crippen LogP contribution in [0.15, 0.2) is 91.3 Å². The minimum absolute atomic E-state index is 0.0671. The monoisotopic (exact) mass is 554 g/mol. The van der Waals surface area contributed by atoms with Crippen LogP contribution in [0.4, 0.5) is 20.2 Å². The fraction of sp³-hybridized carbons (Fsp3) is 0.129. The van der Waals surface area contributed by atoms with E-state index in [2.05, 4.69) is 15.7 Å². The van der Waals surface area contributed by atoms with Gasteiger partial charge in [0.1, 0.15) is 16.7 Å². The van der Waals surface area contributed by atoms with Crippen molar-refractivity contribution in [2.45, 2.75) is 19.4 Å². The van der Waals surface area contributed by atoms with Gasteiger partial charge in [-0.2, -0.15) is 5.10 Å². The first kappa shape index (κ1) is 26.1. The van der Waals surface area contributed by atoms with Crippen LogP contribution in [-0.4, -0.2) is 26.5 Å². The van der Waals surface area contributed by atoms with E-state index in [0.29, 0.717) is 29.8 Å². The first-order valence-electron chi connectivity index (χ1n) is 12.9. The van der Waals surface area contributed by atoms with Crippen LogP contribution in [0, 0.1) is 17.0 Å². The van der Waals surface area contributed by atoms with Crippen molar-refractivity contribution in [2.24, 2.45) is 5.41 Å². The van der Waals surface area contributed by atoms with Crippen molar-refractivity contribution in [2.75, 3.05) is 10.6 Å². The minimum Gasteiger partial charge on any atom is -0.452 e. The Balaban J connectivity index is 1.20. The van der Waals surface area contributed by atoms with Gasteiger partial charge in [-0.15, -0.1) is 0 Å². The number of halogens is 2. The second kappa shape index (κ2) is 10.5. The molecule has 10 heteroatoms. The number of rotatable bonds is 8. The smallest absolute Gasteiger partial charge is 0.240 e. The quantitative estimate of drug-likeness (QED) is 0.207. The van der Waals surface area contributed by atoms with Crippen molar-refractivity contribution >= 4 is 28.7 Å². The zero-order valence-corrected chi connectivity index (χ0v) is 21.6. The topological polar surface area (TPSA) is 105 Å². The van der Waals surface area contributed by atoms with E-state index in [9.17, 15) is 19.1 Å². The molecule has 0 spiro atoms. The predicted molar refractivity (Wildman–Crippen MR) is 148 cm³/mol. The summed E-state index contributed by atoms with van der Waals surface area (Å²) in [5, 5.41) is 19.1. The fourth-order valence-corrected chi connectivity index (χ4v) is 4.66. The molecule has 1 aliphatic carbocycles. The van der Waals surface area contributed by atoms with Gasteiger partial charge in [-0.1, -0.05) is 18.2 Å². The molecule has 3 N–H and O–H groups in total. The number of amides is 2. The van der Waals surface area contributed by atoms with Crippen LogP contribution in [0.5, 0.6) is 11.5 Å². The number of carbonyl (C=O) groups excluding carboxylic acids is 2. The van der Waals surface area contributed by atoms with Gasteiger partial charge in [0.15, 0.2) is 17.3 Å². The fourth-order valence-electron chi connectivity index (χ4n) is 4.66. The van der Waals surface area contributed by atoms with Crippen molar-refractivity contribution in [3.8, 4) is 22.6 Å². The summed E-state index contributed by atoms with van der Waals surface area (Å²) in [6.45, 7) is -0.102. The molecule has 0 aliphatic heterocycles. The van der Waals surface area contributed by atoms with Gasteiger partial charge < -0.3 is 20.5 Å². The number of ether oxygens (including phenoxy) is 1. The Morgan fingerprint density at radius 1 is 0.902 bits per heavy atom. The van der Waals surface area contributed by atoms with Crippen molar-refractivity contribution < 1.29 is 28.2 Å². The third-order valence-electron chi connectivity index (χ3n) is 7.07. The van der Waals surface area contributed by atoms with E-state index in [0.717, 1.165) is 22.8 Å². The lowest BCUT2D eigenvalue weighted by molar-refractivity contribution is -0.131. The maximum absolute atomic E-state index is 15.2. The van der Waals surface area contributed by atoms with E-state index in [1.165, 1.54) is 42.6 Å². The van der Waals surface area contributed by atoms with Crippen LogP contribution in [-0.2, 0) is 16.2 Å². The van der Waals surface area contributed by atoms with Crippen LogP contribution >= 0.6 is 0 Å². The van der Waals surface area contributed by atoms with E-state index in [-0.39, 0.29) is 18.0 Å². The second-order valence-electron chi connectivity index (χ2n) is 9.82. The second-order valence-corrected chi connectivity index (χ2v) is 9.82.